The Morgan fingerprint density at radius 1 is 1.00 bits per heavy atom. The van der Waals surface area contributed by atoms with Crippen molar-refractivity contribution >= 4 is 0 Å². The molecule has 0 bridgehead atoms. The molecule has 0 aliphatic carbocycles. The minimum Gasteiger partial charge on any atom is -0.385 e. The van der Waals surface area contributed by atoms with E-state index in [0.29, 0.717) is 5.41 Å². The van der Waals surface area contributed by atoms with Crippen molar-refractivity contribution in [3.8, 4) is 0 Å². The van der Waals surface area contributed by atoms with E-state index in [-0.39, 0.29) is 0 Å². The van der Waals surface area contributed by atoms with E-state index in [4.69, 9.17) is 4.74 Å². The van der Waals surface area contributed by atoms with Gasteiger partial charge in [0.15, 0.2) is 0 Å². The van der Waals surface area contributed by atoms with E-state index in [2.05, 4.69) is 27.7 Å². The molecule has 0 saturated heterocycles. The average Bonchev–Trinajstić information content (AvgIpc) is 2.18. The summed E-state index contributed by atoms with van der Waals surface area (Å²) in [5.74, 6) is 0.858. The Balaban J connectivity index is 3.81. The van der Waals surface area contributed by atoms with Crippen LogP contribution >= 0.6 is 0 Å². The maximum absolute atomic E-state index is 5.21. The summed E-state index contributed by atoms with van der Waals surface area (Å²) in [7, 11) is 1.81. The van der Waals surface area contributed by atoms with Crippen LogP contribution in [0.25, 0.3) is 0 Å². The Morgan fingerprint density at radius 3 is 2.19 bits per heavy atom. The highest BCUT2D eigenvalue weighted by Crippen LogP contribution is 2.29. The molecule has 1 nitrogen and oxygen atoms in total. The highest BCUT2D eigenvalue weighted by molar-refractivity contribution is 4.69. The van der Waals surface area contributed by atoms with Crippen LogP contribution in [0, 0.1) is 11.3 Å². The van der Waals surface area contributed by atoms with Gasteiger partial charge in [-0.15, -0.1) is 0 Å². The standard InChI is InChI=1S/C15H32O/c1-6-7-8-9-10-14(11-12-16-5)13-15(2,3)4/h14H,6-13H2,1-5H3/t14-/m0/s1. The van der Waals surface area contributed by atoms with Crippen LogP contribution in [-0.4, -0.2) is 13.7 Å². The lowest BCUT2D eigenvalue weighted by atomic mass is 9.81. The number of rotatable bonds is 9. The van der Waals surface area contributed by atoms with Gasteiger partial charge < -0.3 is 4.74 Å². The van der Waals surface area contributed by atoms with E-state index in [9.17, 15) is 0 Å². The maximum Gasteiger partial charge on any atom is 0.0464 e. The second-order valence-electron chi connectivity index (χ2n) is 6.26. The van der Waals surface area contributed by atoms with E-state index in [1.807, 2.05) is 7.11 Å². The van der Waals surface area contributed by atoms with Crippen molar-refractivity contribution in [2.75, 3.05) is 13.7 Å². The van der Waals surface area contributed by atoms with Crippen LogP contribution in [0.5, 0.6) is 0 Å². The van der Waals surface area contributed by atoms with Crippen molar-refractivity contribution in [2.24, 2.45) is 11.3 Å². The summed E-state index contributed by atoms with van der Waals surface area (Å²) in [6, 6.07) is 0. The van der Waals surface area contributed by atoms with Gasteiger partial charge in [-0.25, -0.2) is 0 Å². The molecule has 0 aliphatic heterocycles. The number of hydrogen-bond acceptors (Lipinski definition) is 1. The molecule has 0 unspecified atom stereocenters. The molecule has 0 radical (unpaired) electrons. The maximum atomic E-state index is 5.21. The summed E-state index contributed by atoms with van der Waals surface area (Å²) < 4.78 is 5.21. The Bertz CT molecular complexity index is 146. The van der Waals surface area contributed by atoms with E-state index < -0.39 is 0 Å². The van der Waals surface area contributed by atoms with Gasteiger partial charge in [-0.3, -0.25) is 0 Å². The van der Waals surface area contributed by atoms with Crippen LogP contribution in [0.2, 0.25) is 0 Å². The normalized spacial score (nSPS) is 14.1. The second-order valence-corrected chi connectivity index (χ2v) is 6.26. The molecule has 0 aromatic rings. The summed E-state index contributed by atoms with van der Waals surface area (Å²) in [5.41, 5.74) is 0.461. The Morgan fingerprint density at radius 2 is 1.69 bits per heavy atom. The second kappa shape index (κ2) is 9.04. The molecule has 0 aromatic heterocycles. The number of methoxy groups -OCH3 is 1. The summed E-state index contributed by atoms with van der Waals surface area (Å²) in [6.07, 6.45) is 9.50. The molecule has 0 rings (SSSR count). The molecule has 98 valence electrons. The minimum absolute atomic E-state index is 0.461. The Labute approximate surface area is 103 Å². The van der Waals surface area contributed by atoms with E-state index in [0.717, 1.165) is 12.5 Å². The summed E-state index contributed by atoms with van der Waals surface area (Å²) in [4.78, 5) is 0. The largest absolute Gasteiger partial charge is 0.385 e. The van der Waals surface area contributed by atoms with E-state index in [1.165, 1.54) is 44.9 Å². The average molecular weight is 228 g/mol. The summed E-state index contributed by atoms with van der Waals surface area (Å²) in [5, 5.41) is 0. The van der Waals surface area contributed by atoms with Crippen molar-refractivity contribution in [1.82, 2.24) is 0 Å². The molecule has 0 saturated carbocycles. The third-order valence-electron chi connectivity index (χ3n) is 3.10. The molecule has 0 aliphatic rings. The topological polar surface area (TPSA) is 9.23 Å². The zero-order chi connectivity index (χ0) is 12.4. The summed E-state index contributed by atoms with van der Waals surface area (Å²) in [6.45, 7) is 10.2. The Hall–Kier alpha value is -0.0400. The molecule has 16 heavy (non-hydrogen) atoms. The fourth-order valence-electron chi connectivity index (χ4n) is 2.36. The predicted octanol–water partition coefficient (Wildman–Crippen LogP) is 5.05. The van der Waals surface area contributed by atoms with Gasteiger partial charge in [0, 0.05) is 13.7 Å². The van der Waals surface area contributed by atoms with Crippen LogP contribution in [-0.2, 0) is 4.74 Å². The lowest BCUT2D eigenvalue weighted by molar-refractivity contribution is 0.157. The van der Waals surface area contributed by atoms with Crippen LogP contribution in [0.3, 0.4) is 0 Å². The molecule has 0 fully saturated rings. The molecule has 0 aromatic carbocycles. The number of unbranched alkanes of at least 4 members (excludes halogenated alkanes) is 3. The quantitative estimate of drug-likeness (QED) is 0.502. The van der Waals surface area contributed by atoms with Crippen molar-refractivity contribution < 1.29 is 4.74 Å². The van der Waals surface area contributed by atoms with Gasteiger partial charge in [0.2, 0.25) is 0 Å². The highest BCUT2D eigenvalue weighted by Gasteiger charge is 2.18. The molecular formula is C15H32O. The first-order valence-corrected chi connectivity index (χ1v) is 6.98. The molecular weight excluding hydrogens is 196 g/mol. The molecule has 0 N–H and O–H groups in total. The smallest absolute Gasteiger partial charge is 0.0464 e. The first-order chi connectivity index (χ1) is 7.49. The minimum atomic E-state index is 0.461. The lowest BCUT2D eigenvalue weighted by Gasteiger charge is -2.26. The number of hydrogen-bond donors (Lipinski definition) is 0. The lowest BCUT2D eigenvalue weighted by Crippen LogP contribution is -2.15. The van der Waals surface area contributed by atoms with Gasteiger partial charge in [0.05, 0.1) is 0 Å². The van der Waals surface area contributed by atoms with Crippen LogP contribution in [0.4, 0.5) is 0 Å². The molecule has 1 atom stereocenters. The van der Waals surface area contributed by atoms with Crippen LogP contribution in [0.1, 0.15) is 72.6 Å². The fourth-order valence-corrected chi connectivity index (χ4v) is 2.36. The number of ether oxygens (including phenoxy) is 1. The molecule has 0 spiro atoms. The highest BCUT2D eigenvalue weighted by atomic mass is 16.5. The molecule has 1 heteroatoms. The first-order valence-electron chi connectivity index (χ1n) is 6.98. The molecule has 0 amide bonds. The van der Waals surface area contributed by atoms with Gasteiger partial charge in [0.1, 0.15) is 0 Å². The molecule has 0 heterocycles. The first kappa shape index (κ1) is 16.0. The van der Waals surface area contributed by atoms with Gasteiger partial charge in [0.25, 0.3) is 0 Å². The van der Waals surface area contributed by atoms with Crippen molar-refractivity contribution in [3.63, 3.8) is 0 Å². The van der Waals surface area contributed by atoms with Gasteiger partial charge in [-0.05, 0) is 24.2 Å². The van der Waals surface area contributed by atoms with Crippen LogP contribution in [0.15, 0.2) is 0 Å². The third-order valence-corrected chi connectivity index (χ3v) is 3.10. The van der Waals surface area contributed by atoms with Crippen molar-refractivity contribution in [1.29, 1.82) is 0 Å². The third kappa shape index (κ3) is 10.5. The SMILES string of the molecule is CCCCCC[C@@H](CCOC)CC(C)(C)C. The monoisotopic (exact) mass is 228 g/mol. The van der Waals surface area contributed by atoms with Crippen LogP contribution < -0.4 is 0 Å². The zero-order valence-electron chi connectivity index (χ0n) is 12.1. The van der Waals surface area contributed by atoms with Crippen molar-refractivity contribution in [2.45, 2.75) is 72.6 Å². The summed E-state index contributed by atoms with van der Waals surface area (Å²) >= 11 is 0. The van der Waals surface area contributed by atoms with Crippen molar-refractivity contribution in [3.05, 3.63) is 0 Å². The van der Waals surface area contributed by atoms with Gasteiger partial charge in [-0.1, -0.05) is 59.8 Å². The van der Waals surface area contributed by atoms with Gasteiger partial charge >= 0.3 is 0 Å². The Kier molecular flexibility index (Phi) is 9.02. The predicted molar refractivity (Wildman–Crippen MR) is 72.8 cm³/mol. The van der Waals surface area contributed by atoms with E-state index >= 15 is 0 Å². The van der Waals surface area contributed by atoms with E-state index in [1.54, 1.807) is 0 Å². The zero-order valence-corrected chi connectivity index (χ0v) is 12.1. The fraction of sp³-hybridized carbons (Fsp3) is 1.00. The van der Waals surface area contributed by atoms with Gasteiger partial charge in [-0.2, -0.15) is 0 Å².